The third-order valence-corrected chi connectivity index (χ3v) is 4.28. The van der Waals surface area contributed by atoms with E-state index in [1.54, 1.807) is 6.07 Å². The van der Waals surface area contributed by atoms with Gasteiger partial charge >= 0.3 is 12.4 Å². The highest BCUT2D eigenvalue weighted by Gasteiger charge is 2.44. The van der Waals surface area contributed by atoms with Crippen LogP contribution in [0, 0.1) is 17.2 Å². The van der Waals surface area contributed by atoms with E-state index < -0.39 is 47.4 Å². The van der Waals surface area contributed by atoms with Gasteiger partial charge in [-0.1, -0.05) is 0 Å². The smallest absolute Gasteiger partial charge is 0.386 e. The molecule has 0 bridgehead atoms. The Kier molecular flexibility index (Phi) is 5.40. The first-order valence-corrected chi connectivity index (χ1v) is 8.14. The number of hydrogen-bond acceptors (Lipinski definition) is 7. The van der Waals surface area contributed by atoms with E-state index in [2.05, 4.69) is 15.1 Å². The number of hydrogen-bond donors (Lipinski definition) is 2. The lowest BCUT2D eigenvalue weighted by Crippen LogP contribution is -2.37. The molecule has 0 saturated carbocycles. The van der Waals surface area contributed by atoms with Gasteiger partial charge in [0.1, 0.15) is 17.9 Å². The molecular weight excluding hydrogens is 420 g/mol. The van der Waals surface area contributed by atoms with E-state index in [-0.39, 0.29) is 11.5 Å². The summed E-state index contributed by atoms with van der Waals surface area (Å²) in [5, 5.41) is 34.7. The summed E-state index contributed by atoms with van der Waals surface area (Å²) in [6, 6.07) is 4.80. The fourth-order valence-electron chi connectivity index (χ4n) is 2.75. The van der Waals surface area contributed by atoms with Crippen LogP contribution in [0.15, 0.2) is 41.8 Å². The molecule has 0 saturated heterocycles. The highest BCUT2D eigenvalue weighted by molar-refractivity contribution is 6.03. The lowest BCUT2D eigenvalue weighted by atomic mass is 9.93. The van der Waals surface area contributed by atoms with Crippen molar-refractivity contribution in [2.45, 2.75) is 24.7 Å². The van der Waals surface area contributed by atoms with Crippen molar-refractivity contribution < 1.29 is 36.6 Å². The van der Waals surface area contributed by atoms with Crippen LogP contribution < -0.4 is 5.01 Å². The van der Waals surface area contributed by atoms with Crippen LogP contribution in [-0.4, -0.2) is 32.1 Å². The molecule has 2 aromatic rings. The maximum absolute atomic E-state index is 12.7. The third-order valence-electron chi connectivity index (χ3n) is 4.28. The van der Waals surface area contributed by atoms with Gasteiger partial charge in [-0.05, 0) is 24.3 Å². The number of aliphatic hydroxyl groups is 2. The summed E-state index contributed by atoms with van der Waals surface area (Å²) < 4.78 is 75.9. The predicted molar refractivity (Wildman–Crippen MR) is 88.5 cm³/mol. The summed E-state index contributed by atoms with van der Waals surface area (Å²) in [5.74, 6) is -1.67. The normalized spacial score (nSPS) is 20.6. The molecule has 0 radical (unpaired) electrons. The molecule has 1 aliphatic heterocycles. The summed E-state index contributed by atoms with van der Waals surface area (Å²) in [5.41, 5.74) is -2.78. The lowest BCUT2D eigenvalue weighted by molar-refractivity contribution is -0.138. The number of halogens is 6. The maximum atomic E-state index is 12.7. The largest absolute Gasteiger partial charge is 0.417 e. The predicted octanol–water partition coefficient (Wildman–Crippen LogP) is 2.88. The molecule has 0 aromatic carbocycles. The number of aliphatic hydroxyl groups excluding tert-OH is 2. The number of rotatable bonds is 3. The second-order valence-electron chi connectivity index (χ2n) is 6.20. The third kappa shape index (κ3) is 4.05. The molecule has 0 aliphatic carbocycles. The van der Waals surface area contributed by atoms with Crippen LogP contribution in [0.3, 0.4) is 0 Å². The van der Waals surface area contributed by atoms with Crippen LogP contribution in [0.5, 0.6) is 0 Å². The second-order valence-corrected chi connectivity index (χ2v) is 6.20. The minimum Gasteiger partial charge on any atom is -0.386 e. The summed E-state index contributed by atoms with van der Waals surface area (Å²) in [7, 11) is 0. The molecule has 3 unspecified atom stereocenters. The molecule has 3 rings (SSSR count). The number of pyridine rings is 2. The Morgan fingerprint density at radius 1 is 0.967 bits per heavy atom. The Labute approximate surface area is 164 Å². The fraction of sp³-hybridized carbons (Fsp3) is 0.294. The van der Waals surface area contributed by atoms with Crippen LogP contribution in [0.1, 0.15) is 22.9 Å². The average Bonchev–Trinajstić information content (AvgIpc) is 3.02. The molecule has 7 nitrogen and oxygen atoms in total. The minimum absolute atomic E-state index is 0.238. The summed E-state index contributed by atoms with van der Waals surface area (Å²) in [6.07, 6.45) is -11.7. The molecule has 0 fully saturated rings. The number of nitrogens with zero attached hydrogens (tertiary/aromatic N) is 5. The Bertz CT molecular complexity index is 982. The molecule has 3 heterocycles. The Morgan fingerprint density at radius 3 is 1.97 bits per heavy atom. The zero-order valence-electron chi connectivity index (χ0n) is 14.6. The molecule has 158 valence electrons. The van der Waals surface area contributed by atoms with Crippen LogP contribution in [-0.2, 0) is 12.4 Å². The number of alkyl halides is 6. The Hall–Kier alpha value is -3.24. The van der Waals surface area contributed by atoms with Gasteiger partial charge in [-0.3, -0.25) is 4.98 Å². The Balaban J connectivity index is 1.86. The van der Waals surface area contributed by atoms with E-state index in [9.17, 15) is 41.8 Å². The van der Waals surface area contributed by atoms with Gasteiger partial charge in [-0.25, -0.2) is 9.99 Å². The van der Waals surface area contributed by atoms with Crippen LogP contribution >= 0.6 is 0 Å². The molecule has 0 amide bonds. The maximum Gasteiger partial charge on any atom is 0.417 e. The van der Waals surface area contributed by atoms with Gasteiger partial charge < -0.3 is 10.2 Å². The molecule has 2 N–H and O–H groups in total. The second kappa shape index (κ2) is 7.54. The summed E-state index contributed by atoms with van der Waals surface area (Å²) in [6.45, 7) is 0. The van der Waals surface area contributed by atoms with Gasteiger partial charge in [-0.15, -0.1) is 0 Å². The molecule has 30 heavy (non-hydrogen) atoms. The van der Waals surface area contributed by atoms with Crippen LogP contribution in [0.25, 0.3) is 0 Å². The average molecular weight is 431 g/mol. The van der Waals surface area contributed by atoms with E-state index in [0.29, 0.717) is 24.5 Å². The van der Waals surface area contributed by atoms with Crippen LogP contribution in [0.4, 0.5) is 32.2 Å². The number of anilines is 1. The van der Waals surface area contributed by atoms with Crippen molar-refractivity contribution in [3.63, 3.8) is 0 Å². The summed E-state index contributed by atoms with van der Waals surface area (Å²) in [4.78, 5) is 7.08. The van der Waals surface area contributed by atoms with Crippen molar-refractivity contribution in [3.8, 4) is 6.07 Å². The van der Waals surface area contributed by atoms with E-state index in [1.165, 1.54) is 0 Å². The van der Waals surface area contributed by atoms with Gasteiger partial charge in [0.15, 0.2) is 12.0 Å². The standard InChI is InChI=1S/C17H11F6N5O2/c18-16(19,20)8-1-3-10(25-6-8)14(29)13-11(5-24)27-28(15(13)30)12-4-2-9(7-26-12)17(21,22)23/h1-4,6-7,13-15,29-30H. The lowest BCUT2D eigenvalue weighted by Gasteiger charge is -2.25. The van der Waals surface area contributed by atoms with Crippen molar-refractivity contribution in [2.24, 2.45) is 11.0 Å². The van der Waals surface area contributed by atoms with E-state index in [0.717, 1.165) is 17.1 Å². The van der Waals surface area contributed by atoms with E-state index in [1.807, 2.05) is 0 Å². The van der Waals surface area contributed by atoms with E-state index in [4.69, 9.17) is 0 Å². The molecular formula is C17H11F6N5O2. The van der Waals surface area contributed by atoms with Gasteiger partial charge in [0.05, 0.1) is 22.7 Å². The van der Waals surface area contributed by atoms with Crippen molar-refractivity contribution in [1.29, 1.82) is 5.26 Å². The Morgan fingerprint density at radius 2 is 1.53 bits per heavy atom. The SMILES string of the molecule is N#CC1=NN(c2ccc(C(F)(F)F)cn2)C(O)C1C(O)c1ccc(C(F)(F)F)cn1. The van der Waals surface area contributed by atoms with Gasteiger partial charge in [0, 0.05) is 12.4 Å². The minimum atomic E-state index is -4.65. The topological polar surface area (TPSA) is 106 Å². The molecule has 0 spiro atoms. The number of hydrazone groups is 1. The van der Waals surface area contributed by atoms with Crippen molar-refractivity contribution in [2.75, 3.05) is 5.01 Å². The molecule has 3 atom stereocenters. The monoisotopic (exact) mass is 431 g/mol. The first kappa shape index (κ1) is 21.5. The zero-order chi connectivity index (χ0) is 22.3. The fourth-order valence-corrected chi connectivity index (χ4v) is 2.75. The quantitative estimate of drug-likeness (QED) is 0.725. The first-order valence-electron chi connectivity index (χ1n) is 8.14. The van der Waals surface area contributed by atoms with Crippen molar-refractivity contribution in [3.05, 3.63) is 53.5 Å². The highest BCUT2D eigenvalue weighted by Crippen LogP contribution is 2.36. The van der Waals surface area contributed by atoms with Gasteiger partial charge in [0.2, 0.25) is 0 Å². The van der Waals surface area contributed by atoms with Crippen LogP contribution in [0.2, 0.25) is 0 Å². The van der Waals surface area contributed by atoms with Crippen molar-refractivity contribution in [1.82, 2.24) is 9.97 Å². The highest BCUT2D eigenvalue weighted by atomic mass is 19.4. The molecule has 2 aromatic heterocycles. The zero-order valence-corrected chi connectivity index (χ0v) is 14.6. The van der Waals surface area contributed by atoms with Gasteiger partial charge in [0.25, 0.3) is 0 Å². The summed E-state index contributed by atoms with van der Waals surface area (Å²) >= 11 is 0. The molecule has 1 aliphatic rings. The number of nitriles is 1. The van der Waals surface area contributed by atoms with Crippen molar-refractivity contribution >= 4 is 11.5 Å². The number of aromatic nitrogens is 2. The molecule has 13 heteroatoms. The van der Waals surface area contributed by atoms with Gasteiger partial charge in [-0.2, -0.15) is 36.7 Å². The first-order chi connectivity index (χ1) is 13.9. The van der Waals surface area contributed by atoms with E-state index >= 15 is 0 Å².